The number of amides is 1. The van der Waals surface area contributed by atoms with E-state index in [-0.39, 0.29) is 29.2 Å². The minimum Gasteiger partial charge on any atom is -0.376 e. The quantitative estimate of drug-likeness (QED) is 0.741. The van der Waals surface area contributed by atoms with E-state index < -0.39 is 0 Å². The van der Waals surface area contributed by atoms with Crippen LogP contribution < -0.4 is 21.5 Å². The number of nitrogens with one attached hydrogen (secondary N) is 1. The van der Waals surface area contributed by atoms with Gasteiger partial charge in [0.2, 0.25) is 5.91 Å². The molecule has 2 aliphatic heterocycles. The van der Waals surface area contributed by atoms with Crippen LogP contribution >= 0.6 is 0 Å². The molecule has 0 radical (unpaired) electrons. The first kappa shape index (κ1) is 22.3. The van der Waals surface area contributed by atoms with Gasteiger partial charge in [-0.3, -0.25) is 18.7 Å². The molecular formula is C24H32N4O4. The Bertz CT molecular complexity index is 1060. The first-order valence-corrected chi connectivity index (χ1v) is 11.6. The van der Waals surface area contributed by atoms with Gasteiger partial charge in [-0.05, 0) is 51.7 Å². The summed E-state index contributed by atoms with van der Waals surface area (Å²) >= 11 is 0. The fourth-order valence-electron chi connectivity index (χ4n) is 4.79. The fourth-order valence-corrected chi connectivity index (χ4v) is 4.79. The molecule has 0 spiro atoms. The Morgan fingerprint density at radius 2 is 1.84 bits per heavy atom. The van der Waals surface area contributed by atoms with Crippen LogP contribution in [0.5, 0.6) is 0 Å². The third kappa shape index (κ3) is 4.37. The molecular weight excluding hydrogens is 408 g/mol. The zero-order chi connectivity index (χ0) is 22.7. The third-order valence-corrected chi connectivity index (χ3v) is 6.59. The molecule has 2 aromatic rings. The summed E-state index contributed by atoms with van der Waals surface area (Å²) in [5.74, 6) is -0.00140. The first-order valence-electron chi connectivity index (χ1n) is 11.6. The number of aromatic nitrogens is 2. The summed E-state index contributed by atoms with van der Waals surface area (Å²) in [5, 5.41) is 3.03. The van der Waals surface area contributed by atoms with Crippen molar-refractivity contribution in [2.24, 2.45) is 5.92 Å². The van der Waals surface area contributed by atoms with Crippen molar-refractivity contribution in [2.45, 2.75) is 52.2 Å². The number of para-hydroxylation sites is 1. The van der Waals surface area contributed by atoms with Gasteiger partial charge < -0.3 is 15.0 Å². The molecule has 172 valence electrons. The summed E-state index contributed by atoms with van der Waals surface area (Å²) in [6, 6.07) is 9.39. The first-order chi connectivity index (χ1) is 15.5. The highest BCUT2D eigenvalue weighted by atomic mass is 16.5. The minimum absolute atomic E-state index is 0.0668. The van der Waals surface area contributed by atoms with Crippen molar-refractivity contribution in [2.75, 3.05) is 31.1 Å². The second-order valence-corrected chi connectivity index (χ2v) is 8.58. The molecule has 3 heterocycles. The lowest BCUT2D eigenvalue weighted by molar-refractivity contribution is -0.126. The van der Waals surface area contributed by atoms with Crippen LogP contribution in [0.1, 0.15) is 38.3 Å². The van der Waals surface area contributed by atoms with E-state index in [0.29, 0.717) is 50.4 Å². The Morgan fingerprint density at radius 3 is 2.47 bits per heavy atom. The van der Waals surface area contributed by atoms with E-state index in [0.717, 1.165) is 25.1 Å². The smallest absolute Gasteiger partial charge is 0.335 e. The summed E-state index contributed by atoms with van der Waals surface area (Å²) in [4.78, 5) is 40.9. The number of ether oxygens (including phenoxy) is 1. The molecule has 1 atom stereocenters. The molecule has 1 N–H and O–H groups in total. The van der Waals surface area contributed by atoms with Gasteiger partial charge in [-0.2, -0.15) is 0 Å². The number of rotatable bonds is 6. The van der Waals surface area contributed by atoms with Crippen LogP contribution in [0.15, 0.2) is 39.9 Å². The fraction of sp³-hybridized carbons (Fsp3) is 0.542. The summed E-state index contributed by atoms with van der Waals surface area (Å²) < 4.78 is 8.48. The second-order valence-electron chi connectivity index (χ2n) is 8.58. The highest BCUT2D eigenvalue weighted by Gasteiger charge is 2.29. The largest absolute Gasteiger partial charge is 0.376 e. The Morgan fingerprint density at radius 1 is 1.12 bits per heavy atom. The van der Waals surface area contributed by atoms with Crippen LogP contribution in [0.4, 0.5) is 5.69 Å². The molecule has 2 aliphatic rings. The maximum atomic E-state index is 13.2. The second kappa shape index (κ2) is 9.73. The molecule has 0 aliphatic carbocycles. The molecule has 4 rings (SSSR count). The predicted molar refractivity (Wildman–Crippen MR) is 124 cm³/mol. The van der Waals surface area contributed by atoms with Gasteiger partial charge >= 0.3 is 5.69 Å². The lowest BCUT2D eigenvalue weighted by atomic mass is 9.95. The Hall–Kier alpha value is -2.87. The number of hydrogen-bond donors (Lipinski definition) is 1. The maximum Gasteiger partial charge on any atom is 0.335 e. The minimum atomic E-state index is -0.326. The van der Waals surface area contributed by atoms with E-state index >= 15 is 0 Å². The number of carbonyl (C=O) groups excluding carboxylic acids is 1. The number of benzene rings is 1. The van der Waals surface area contributed by atoms with Gasteiger partial charge in [0.25, 0.3) is 5.56 Å². The molecule has 1 aromatic heterocycles. The van der Waals surface area contributed by atoms with Gasteiger partial charge in [0.15, 0.2) is 0 Å². The van der Waals surface area contributed by atoms with Crippen molar-refractivity contribution in [1.82, 2.24) is 14.5 Å². The van der Waals surface area contributed by atoms with Crippen LogP contribution in [0, 0.1) is 12.8 Å². The molecule has 0 bridgehead atoms. The van der Waals surface area contributed by atoms with E-state index in [1.165, 1.54) is 4.57 Å². The van der Waals surface area contributed by atoms with Gasteiger partial charge in [0, 0.05) is 38.7 Å². The van der Waals surface area contributed by atoms with Crippen molar-refractivity contribution in [3.8, 4) is 5.69 Å². The van der Waals surface area contributed by atoms with E-state index in [9.17, 15) is 14.4 Å². The lowest BCUT2D eigenvalue weighted by Crippen LogP contribution is -2.47. The monoisotopic (exact) mass is 440 g/mol. The highest BCUT2D eigenvalue weighted by molar-refractivity contribution is 5.79. The van der Waals surface area contributed by atoms with Crippen molar-refractivity contribution in [3.63, 3.8) is 0 Å². The average molecular weight is 441 g/mol. The van der Waals surface area contributed by atoms with E-state index in [2.05, 4.69) is 5.32 Å². The van der Waals surface area contributed by atoms with E-state index in [4.69, 9.17) is 4.74 Å². The zero-order valence-electron chi connectivity index (χ0n) is 18.9. The van der Waals surface area contributed by atoms with E-state index in [1.54, 1.807) is 4.57 Å². The molecule has 32 heavy (non-hydrogen) atoms. The van der Waals surface area contributed by atoms with Gasteiger partial charge in [0.1, 0.15) is 5.69 Å². The van der Waals surface area contributed by atoms with Crippen LogP contribution in [0.25, 0.3) is 5.69 Å². The predicted octanol–water partition coefficient (Wildman–Crippen LogP) is 1.84. The van der Waals surface area contributed by atoms with Crippen molar-refractivity contribution < 1.29 is 9.53 Å². The average Bonchev–Trinajstić information content (AvgIpc) is 3.33. The van der Waals surface area contributed by atoms with Gasteiger partial charge in [0.05, 0.1) is 17.5 Å². The number of hydrogen-bond acceptors (Lipinski definition) is 5. The number of piperidine rings is 1. The van der Waals surface area contributed by atoms with E-state index in [1.807, 2.05) is 49.1 Å². The normalized spacial score (nSPS) is 19.3. The van der Waals surface area contributed by atoms with Gasteiger partial charge in [-0.1, -0.05) is 18.2 Å². The zero-order valence-corrected chi connectivity index (χ0v) is 18.9. The Balaban J connectivity index is 1.53. The topological polar surface area (TPSA) is 85.6 Å². The Kier molecular flexibility index (Phi) is 6.79. The SMILES string of the molecule is CCn1c(=O)c(N2CCC(C(=O)NC[C@H]3CCCO3)CC2)c(C)n(-c2ccccc2)c1=O. The van der Waals surface area contributed by atoms with Crippen LogP contribution in [-0.4, -0.2) is 47.4 Å². The third-order valence-electron chi connectivity index (χ3n) is 6.59. The molecule has 1 amide bonds. The van der Waals surface area contributed by atoms with Crippen LogP contribution in [0.3, 0.4) is 0 Å². The summed E-state index contributed by atoms with van der Waals surface area (Å²) in [6.45, 7) is 6.49. The maximum absolute atomic E-state index is 13.2. The molecule has 2 fully saturated rings. The van der Waals surface area contributed by atoms with Crippen molar-refractivity contribution >= 4 is 11.6 Å². The molecule has 8 heteroatoms. The standard InChI is InChI=1S/C24H32N4O4/c1-3-27-23(30)21(17(2)28(24(27)31)19-8-5-4-6-9-19)26-13-11-18(12-14-26)22(29)25-16-20-10-7-15-32-20/h4-6,8-9,18,20H,3,7,10-16H2,1-2H3,(H,25,29)/t20-/m1/s1. The summed E-state index contributed by atoms with van der Waals surface area (Å²) in [7, 11) is 0. The van der Waals surface area contributed by atoms with Crippen molar-refractivity contribution in [1.29, 1.82) is 0 Å². The number of nitrogens with zero attached hydrogens (tertiary/aromatic N) is 3. The van der Waals surface area contributed by atoms with Crippen LogP contribution in [-0.2, 0) is 16.1 Å². The number of carbonyl (C=O) groups is 1. The van der Waals surface area contributed by atoms with Crippen LogP contribution in [0.2, 0.25) is 0 Å². The number of anilines is 1. The van der Waals surface area contributed by atoms with Crippen molar-refractivity contribution in [3.05, 3.63) is 56.9 Å². The molecule has 0 saturated carbocycles. The lowest BCUT2D eigenvalue weighted by Gasteiger charge is -2.34. The Labute approximate surface area is 187 Å². The molecule has 2 saturated heterocycles. The molecule has 1 aromatic carbocycles. The molecule has 0 unspecified atom stereocenters. The summed E-state index contributed by atoms with van der Waals surface area (Å²) in [6.07, 6.45) is 3.53. The van der Waals surface area contributed by atoms with Gasteiger partial charge in [-0.15, -0.1) is 0 Å². The molecule has 8 nitrogen and oxygen atoms in total. The summed E-state index contributed by atoms with van der Waals surface area (Å²) in [5.41, 5.74) is 1.34. The van der Waals surface area contributed by atoms with Gasteiger partial charge in [-0.25, -0.2) is 4.79 Å². The highest BCUT2D eigenvalue weighted by Crippen LogP contribution is 2.24.